The molecule has 0 aromatic carbocycles. The van der Waals surface area contributed by atoms with Crippen molar-refractivity contribution >= 4 is 18.3 Å². The van der Waals surface area contributed by atoms with Crippen LogP contribution in [0, 0.1) is 11.8 Å². The summed E-state index contributed by atoms with van der Waals surface area (Å²) in [4.78, 5) is 17.5. The molecule has 0 unspecified atom stereocenters. The maximum absolute atomic E-state index is 12.7. The summed E-state index contributed by atoms with van der Waals surface area (Å²) < 4.78 is 0. The number of nitrogens with one attached hydrogen (secondary N) is 1. The van der Waals surface area contributed by atoms with Gasteiger partial charge in [-0.3, -0.25) is 9.69 Å². The SMILES string of the molecule is CC1CCC(N2CCN(C(=O)[C@H]3CCN[C@@H](C)C3)CC2)CC1.Cl. The highest BCUT2D eigenvalue weighted by atomic mass is 35.5. The van der Waals surface area contributed by atoms with Crippen molar-refractivity contribution in [1.29, 1.82) is 0 Å². The lowest BCUT2D eigenvalue weighted by Crippen LogP contribution is -2.54. The van der Waals surface area contributed by atoms with E-state index in [1.807, 2.05) is 0 Å². The van der Waals surface area contributed by atoms with Gasteiger partial charge in [-0.1, -0.05) is 6.92 Å². The largest absolute Gasteiger partial charge is 0.340 e. The average Bonchev–Trinajstić information content (AvgIpc) is 2.55. The van der Waals surface area contributed by atoms with Gasteiger partial charge in [0.15, 0.2) is 0 Å². The van der Waals surface area contributed by atoms with Crippen LogP contribution < -0.4 is 5.32 Å². The number of amides is 1. The van der Waals surface area contributed by atoms with Crippen molar-refractivity contribution in [3.8, 4) is 0 Å². The molecule has 3 aliphatic rings. The Balaban J connectivity index is 0.00000192. The molecule has 3 fully saturated rings. The first-order valence-electron chi connectivity index (χ1n) is 9.39. The standard InChI is InChI=1S/C18H33N3O.ClH/c1-14-3-5-17(6-4-14)20-9-11-21(12-10-20)18(22)16-7-8-19-15(2)13-16;/h14-17,19H,3-13H2,1-2H3;1H/t14?,15-,16-,17?;/m0./s1. The molecule has 0 aromatic heterocycles. The van der Waals surface area contributed by atoms with E-state index in [2.05, 4.69) is 29.0 Å². The van der Waals surface area contributed by atoms with E-state index < -0.39 is 0 Å². The fraction of sp³-hybridized carbons (Fsp3) is 0.944. The molecule has 0 radical (unpaired) electrons. The highest BCUT2D eigenvalue weighted by molar-refractivity contribution is 5.85. The zero-order valence-electron chi connectivity index (χ0n) is 14.8. The van der Waals surface area contributed by atoms with Gasteiger partial charge in [0.2, 0.25) is 5.91 Å². The van der Waals surface area contributed by atoms with Crippen molar-refractivity contribution in [2.75, 3.05) is 32.7 Å². The number of rotatable bonds is 2. The molecule has 2 atom stereocenters. The molecule has 1 amide bonds. The number of carbonyl (C=O) groups excluding carboxylic acids is 1. The zero-order chi connectivity index (χ0) is 15.5. The first-order valence-corrected chi connectivity index (χ1v) is 9.39. The summed E-state index contributed by atoms with van der Waals surface area (Å²) in [5.74, 6) is 1.60. The van der Waals surface area contributed by atoms with Crippen molar-refractivity contribution in [3.05, 3.63) is 0 Å². The summed E-state index contributed by atoms with van der Waals surface area (Å²) in [6.45, 7) is 9.65. The maximum Gasteiger partial charge on any atom is 0.225 e. The molecule has 2 aliphatic heterocycles. The van der Waals surface area contributed by atoms with Crippen molar-refractivity contribution in [1.82, 2.24) is 15.1 Å². The third-order valence-corrected chi connectivity index (χ3v) is 6.10. The molecule has 3 rings (SSSR count). The van der Waals surface area contributed by atoms with Crippen molar-refractivity contribution < 1.29 is 4.79 Å². The van der Waals surface area contributed by atoms with Gasteiger partial charge >= 0.3 is 0 Å². The van der Waals surface area contributed by atoms with Gasteiger partial charge < -0.3 is 10.2 Å². The quantitative estimate of drug-likeness (QED) is 0.836. The van der Waals surface area contributed by atoms with E-state index in [0.29, 0.717) is 11.9 Å². The van der Waals surface area contributed by atoms with E-state index in [1.165, 1.54) is 25.7 Å². The monoisotopic (exact) mass is 343 g/mol. The zero-order valence-corrected chi connectivity index (χ0v) is 15.6. The Hall–Kier alpha value is -0.320. The Labute approximate surface area is 147 Å². The normalized spacial score (nSPS) is 36.3. The van der Waals surface area contributed by atoms with Crippen LogP contribution >= 0.6 is 12.4 Å². The fourth-order valence-electron chi connectivity index (χ4n) is 4.53. The predicted molar refractivity (Wildman–Crippen MR) is 97.0 cm³/mol. The summed E-state index contributed by atoms with van der Waals surface area (Å²) in [6.07, 6.45) is 7.53. The summed E-state index contributed by atoms with van der Waals surface area (Å²) >= 11 is 0. The molecule has 1 saturated carbocycles. The Morgan fingerprint density at radius 1 is 0.957 bits per heavy atom. The van der Waals surface area contributed by atoms with Crippen LogP contribution in [0.4, 0.5) is 0 Å². The van der Waals surface area contributed by atoms with Crippen LogP contribution in [0.5, 0.6) is 0 Å². The number of hydrogen-bond acceptors (Lipinski definition) is 3. The van der Waals surface area contributed by atoms with Gasteiger partial charge in [0.05, 0.1) is 0 Å². The van der Waals surface area contributed by atoms with Gasteiger partial charge in [0.1, 0.15) is 0 Å². The molecule has 0 spiro atoms. The van der Waals surface area contributed by atoms with E-state index in [1.54, 1.807) is 0 Å². The van der Waals surface area contributed by atoms with Crippen LogP contribution in [0.15, 0.2) is 0 Å². The van der Waals surface area contributed by atoms with Crippen LogP contribution in [0.2, 0.25) is 0 Å². The number of piperazine rings is 1. The molecule has 0 bridgehead atoms. The first kappa shape index (κ1) is 19.0. The number of nitrogens with zero attached hydrogens (tertiary/aromatic N) is 2. The molecular formula is C18H34ClN3O. The van der Waals surface area contributed by atoms with Gasteiger partial charge in [-0.2, -0.15) is 0 Å². The summed E-state index contributed by atoms with van der Waals surface area (Å²) in [6, 6.07) is 1.28. The van der Waals surface area contributed by atoms with Crippen molar-refractivity contribution in [2.24, 2.45) is 11.8 Å². The molecule has 1 N–H and O–H groups in total. The maximum atomic E-state index is 12.7. The molecule has 1 aliphatic carbocycles. The van der Waals surface area contributed by atoms with Crippen molar-refractivity contribution in [3.63, 3.8) is 0 Å². The highest BCUT2D eigenvalue weighted by Gasteiger charge is 2.32. The van der Waals surface area contributed by atoms with Crippen LogP contribution in [-0.2, 0) is 4.79 Å². The first-order chi connectivity index (χ1) is 10.6. The third-order valence-electron chi connectivity index (χ3n) is 6.10. The smallest absolute Gasteiger partial charge is 0.225 e. The Morgan fingerprint density at radius 3 is 2.22 bits per heavy atom. The van der Waals surface area contributed by atoms with Gasteiger partial charge in [-0.25, -0.2) is 0 Å². The van der Waals surface area contributed by atoms with Gasteiger partial charge in [-0.05, 0) is 57.9 Å². The van der Waals surface area contributed by atoms with Gasteiger partial charge in [-0.15, -0.1) is 12.4 Å². The molecule has 2 heterocycles. The molecular weight excluding hydrogens is 310 g/mol. The minimum atomic E-state index is 0. The van der Waals surface area contributed by atoms with E-state index in [4.69, 9.17) is 0 Å². The number of hydrogen-bond donors (Lipinski definition) is 1. The molecule has 134 valence electrons. The number of halogens is 1. The number of piperidine rings is 1. The second-order valence-corrected chi connectivity index (χ2v) is 7.85. The lowest BCUT2D eigenvalue weighted by molar-refractivity contribution is -0.139. The van der Waals surface area contributed by atoms with Crippen LogP contribution in [0.25, 0.3) is 0 Å². The second-order valence-electron chi connectivity index (χ2n) is 7.85. The topological polar surface area (TPSA) is 35.6 Å². The lowest BCUT2D eigenvalue weighted by atomic mass is 9.86. The number of carbonyl (C=O) groups is 1. The molecule has 2 saturated heterocycles. The third kappa shape index (κ3) is 4.83. The summed E-state index contributed by atoms with van der Waals surface area (Å²) in [5, 5.41) is 3.44. The minimum absolute atomic E-state index is 0. The van der Waals surface area contributed by atoms with Crippen LogP contribution in [0.1, 0.15) is 52.4 Å². The van der Waals surface area contributed by atoms with Gasteiger partial charge in [0, 0.05) is 44.2 Å². The predicted octanol–water partition coefficient (Wildman–Crippen LogP) is 2.52. The lowest BCUT2D eigenvalue weighted by Gasteiger charge is -2.42. The van der Waals surface area contributed by atoms with Crippen molar-refractivity contribution in [2.45, 2.75) is 64.5 Å². The highest BCUT2D eigenvalue weighted by Crippen LogP contribution is 2.28. The Kier molecular flexibility index (Phi) is 7.18. The second kappa shape index (κ2) is 8.68. The summed E-state index contributed by atoms with van der Waals surface area (Å²) in [5.41, 5.74) is 0. The van der Waals surface area contributed by atoms with E-state index in [-0.39, 0.29) is 18.3 Å². The molecule has 0 aromatic rings. The Bertz CT molecular complexity index is 376. The summed E-state index contributed by atoms with van der Waals surface area (Å²) in [7, 11) is 0. The fourth-order valence-corrected chi connectivity index (χ4v) is 4.53. The molecule has 23 heavy (non-hydrogen) atoms. The molecule has 4 nitrogen and oxygen atoms in total. The van der Waals surface area contributed by atoms with Crippen LogP contribution in [-0.4, -0.2) is 60.5 Å². The van der Waals surface area contributed by atoms with Gasteiger partial charge in [0.25, 0.3) is 0 Å². The average molecular weight is 344 g/mol. The molecule has 5 heteroatoms. The van der Waals surface area contributed by atoms with E-state index in [9.17, 15) is 4.79 Å². The van der Waals surface area contributed by atoms with E-state index in [0.717, 1.165) is 57.5 Å². The minimum Gasteiger partial charge on any atom is -0.340 e. The Morgan fingerprint density at radius 2 is 1.61 bits per heavy atom. The van der Waals surface area contributed by atoms with Crippen LogP contribution in [0.3, 0.4) is 0 Å². The van der Waals surface area contributed by atoms with E-state index >= 15 is 0 Å².